The van der Waals surface area contributed by atoms with Gasteiger partial charge in [0.25, 0.3) is 0 Å². The van der Waals surface area contributed by atoms with Gasteiger partial charge in [-0.3, -0.25) is 9.59 Å². The number of aliphatic hydroxyl groups is 1. The van der Waals surface area contributed by atoms with Crippen molar-refractivity contribution in [3.05, 3.63) is 35.4 Å². The van der Waals surface area contributed by atoms with Crippen LogP contribution in [0.2, 0.25) is 0 Å². The summed E-state index contributed by atoms with van der Waals surface area (Å²) in [5.74, 6) is -0.705. The van der Waals surface area contributed by atoms with Gasteiger partial charge in [0, 0.05) is 6.54 Å². The molecule has 1 aliphatic heterocycles. The molecule has 2 aliphatic rings. The normalized spacial score (nSPS) is 22.6. The van der Waals surface area contributed by atoms with E-state index < -0.39 is 17.9 Å². The van der Waals surface area contributed by atoms with Crippen molar-refractivity contribution in [1.82, 2.24) is 10.2 Å². The summed E-state index contributed by atoms with van der Waals surface area (Å²) < 4.78 is 5.42. The molecule has 1 saturated carbocycles. The first kappa shape index (κ1) is 18.9. The smallest absolute Gasteiger partial charge is 0.312 e. The van der Waals surface area contributed by atoms with E-state index in [0.717, 1.165) is 18.4 Å². The van der Waals surface area contributed by atoms with Crippen LogP contribution in [0.15, 0.2) is 24.3 Å². The van der Waals surface area contributed by atoms with Gasteiger partial charge in [-0.1, -0.05) is 29.8 Å². The number of hydrogen-bond acceptors (Lipinski definition) is 4. The average Bonchev–Trinajstić information content (AvgIpc) is 3.45. The molecule has 1 aliphatic carbocycles. The zero-order valence-corrected chi connectivity index (χ0v) is 15.5. The van der Waals surface area contributed by atoms with E-state index in [9.17, 15) is 14.7 Å². The molecule has 1 aromatic carbocycles. The Hall–Kier alpha value is -1.92. The minimum atomic E-state index is -0.569. The number of rotatable bonds is 5. The topological polar surface area (TPSA) is 78.9 Å². The van der Waals surface area contributed by atoms with Crippen LogP contribution in [0.4, 0.5) is 0 Å². The Morgan fingerprint density at radius 2 is 2.00 bits per heavy atom. The van der Waals surface area contributed by atoms with Crippen molar-refractivity contribution in [2.24, 2.45) is 5.92 Å². The van der Waals surface area contributed by atoms with Crippen molar-refractivity contribution in [2.75, 3.05) is 19.8 Å². The predicted octanol–water partition coefficient (Wildman–Crippen LogP) is 1.56. The summed E-state index contributed by atoms with van der Waals surface area (Å²) in [7, 11) is 0. The Bertz CT molecular complexity index is 640. The van der Waals surface area contributed by atoms with Crippen molar-refractivity contribution in [2.45, 2.75) is 51.3 Å². The molecule has 0 unspecified atom stereocenters. The van der Waals surface area contributed by atoms with Crippen LogP contribution in [0, 0.1) is 12.8 Å². The molecule has 0 spiro atoms. The fraction of sp³-hybridized carbons (Fsp3) is 0.600. The van der Waals surface area contributed by atoms with Gasteiger partial charge < -0.3 is 20.1 Å². The first-order valence-corrected chi connectivity index (χ1v) is 9.39. The highest BCUT2D eigenvalue weighted by Gasteiger charge is 2.37. The highest BCUT2D eigenvalue weighted by molar-refractivity contribution is 6.35. The quantitative estimate of drug-likeness (QED) is 0.781. The Kier molecular flexibility index (Phi) is 5.94. The molecule has 1 saturated heterocycles. The third kappa shape index (κ3) is 4.62. The lowest BCUT2D eigenvalue weighted by Gasteiger charge is -2.36. The third-order valence-electron chi connectivity index (χ3n) is 5.11. The average molecular weight is 360 g/mol. The fourth-order valence-electron chi connectivity index (χ4n) is 3.52. The van der Waals surface area contributed by atoms with Crippen molar-refractivity contribution in [1.29, 1.82) is 0 Å². The molecule has 0 radical (unpaired) electrons. The summed E-state index contributed by atoms with van der Waals surface area (Å²) in [5.41, 5.74) is 2.21. The maximum absolute atomic E-state index is 12.7. The van der Waals surface area contributed by atoms with E-state index in [-0.39, 0.29) is 12.1 Å². The minimum absolute atomic E-state index is 0.122. The Labute approximate surface area is 154 Å². The van der Waals surface area contributed by atoms with E-state index in [1.165, 1.54) is 5.56 Å². The van der Waals surface area contributed by atoms with Gasteiger partial charge in [-0.2, -0.15) is 0 Å². The van der Waals surface area contributed by atoms with Gasteiger partial charge in [-0.05, 0) is 44.6 Å². The third-order valence-corrected chi connectivity index (χ3v) is 5.11. The highest BCUT2D eigenvalue weighted by Crippen LogP contribution is 2.41. The number of nitrogens with one attached hydrogen (secondary N) is 1. The fourth-order valence-corrected chi connectivity index (χ4v) is 3.52. The number of aliphatic hydroxyl groups excluding tert-OH is 1. The zero-order valence-electron chi connectivity index (χ0n) is 15.5. The molecule has 1 aromatic rings. The monoisotopic (exact) mass is 360 g/mol. The van der Waals surface area contributed by atoms with E-state index >= 15 is 0 Å². The van der Waals surface area contributed by atoms with Crippen molar-refractivity contribution < 1.29 is 19.4 Å². The molecular weight excluding hydrogens is 332 g/mol. The zero-order chi connectivity index (χ0) is 18.7. The number of carbonyl (C=O) groups is 2. The molecule has 3 rings (SSSR count). The van der Waals surface area contributed by atoms with E-state index in [1.807, 2.05) is 31.2 Å². The van der Waals surface area contributed by atoms with Crippen LogP contribution in [0.5, 0.6) is 0 Å². The molecule has 142 valence electrons. The second-order valence-electron chi connectivity index (χ2n) is 7.51. The summed E-state index contributed by atoms with van der Waals surface area (Å²) in [6, 6.07) is 7.71. The number of aryl methyl sites for hydroxylation is 1. The van der Waals surface area contributed by atoms with Crippen LogP contribution in [-0.4, -0.2) is 53.7 Å². The maximum atomic E-state index is 12.7. The van der Waals surface area contributed by atoms with Gasteiger partial charge in [0.05, 0.1) is 31.4 Å². The largest absolute Gasteiger partial charge is 0.393 e. The number of hydrogen-bond donors (Lipinski definition) is 2. The summed E-state index contributed by atoms with van der Waals surface area (Å²) in [6.45, 7) is 4.85. The van der Waals surface area contributed by atoms with Crippen LogP contribution >= 0.6 is 0 Å². The van der Waals surface area contributed by atoms with Crippen LogP contribution in [0.1, 0.15) is 43.4 Å². The number of carbonyl (C=O) groups excluding carboxylic acids is 2. The minimum Gasteiger partial charge on any atom is -0.393 e. The molecule has 2 fully saturated rings. The van der Waals surface area contributed by atoms with Crippen LogP contribution < -0.4 is 5.32 Å². The van der Waals surface area contributed by atoms with Gasteiger partial charge in [-0.25, -0.2) is 0 Å². The number of amides is 2. The SMILES string of the molecule is Cc1ccc([C@H](NC(=O)C(=O)N2CCOC[C@@H]2C[C@H](C)O)C2CC2)cc1. The number of morpholine rings is 1. The lowest BCUT2D eigenvalue weighted by Crippen LogP contribution is -2.54. The molecule has 26 heavy (non-hydrogen) atoms. The van der Waals surface area contributed by atoms with Gasteiger partial charge in [0.2, 0.25) is 0 Å². The molecule has 6 nitrogen and oxygen atoms in total. The van der Waals surface area contributed by atoms with Crippen molar-refractivity contribution in [3.63, 3.8) is 0 Å². The Morgan fingerprint density at radius 1 is 1.31 bits per heavy atom. The van der Waals surface area contributed by atoms with E-state index in [4.69, 9.17) is 4.74 Å². The Balaban J connectivity index is 1.68. The number of benzene rings is 1. The summed E-state index contributed by atoms with van der Waals surface area (Å²) >= 11 is 0. The number of nitrogens with zero attached hydrogens (tertiary/aromatic N) is 1. The lowest BCUT2D eigenvalue weighted by molar-refractivity contribution is -0.152. The Morgan fingerprint density at radius 3 is 2.62 bits per heavy atom. The van der Waals surface area contributed by atoms with Gasteiger partial charge in [-0.15, -0.1) is 0 Å². The maximum Gasteiger partial charge on any atom is 0.312 e. The predicted molar refractivity (Wildman–Crippen MR) is 97.4 cm³/mol. The van der Waals surface area contributed by atoms with Crippen LogP contribution in [0.3, 0.4) is 0 Å². The van der Waals surface area contributed by atoms with Gasteiger partial charge >= 0.3 is 11.8 Å². The molecule has 0 aromatic heterocycles. The van der Waals surface area contributed by atoms with Crippen LogP contribution in [0.25, 0.3) is 0 Å². The first-order valence-electron chi connectivity index (χ1n) is 9.39. The molecule has 2 N–H and O–H groups in total. The molecule has 0 bridgehead atoms. The molecular formula is C20H28N2O4. The molecule has 2 amide bonds. The molecule has 3 atom stereocenters. The standard InChI is InChI=1S/C20H28N2O4/c1-13-3-5-15(6-4-13)18(16-7-8-16)21-19(24)20(25)22-9-10-26-12-17(22)11-14(2)23/h3-6,14,16-18,23H,7-12H2,1-2H3,(H,21,24)/t14-,17-,18-/m0/s1. The second-order valence-corrected chi connectivity index (χ2v) is 7.51. The summed E-state index contributed by atoms with van der Waals surface area (Å²) in [4.78, 5) is 26.9. The van der Waals surface area contributed by atoms with Crippen molar-refractivity contribution >= 4 is 11.8 Å². The van der Waals surface area contributed by atoms with E-state index in [0.29, 0.717) is 32.1 Å². The molecule has 1 heterocycles. The summed E-state index contributed by atoms with van der Waals surface area (Å²) in [6.07, 6.45) is 1.99. The first-order chi connectivity index (χ1) is 12.5. The lowest BCUT2D eigenvalue weighted by atomic mass is 10.0. The van der Waals surface area contributed by atoms with Crippen molar-refractivity contribution in [3.8, 4) is 0 Å². The highest BCUT2D eigenvalue weighted by atomic mass is 16.5. The molecule has 6 heteroatoms. The summed E-state index contributed by atoms with van der Waals surface area (Å²) in [5, 5.41) is 12.6. The van der Waals surface area contributed by atoms with E-state index in [2.05, 4.69) is 5.32 Å². The van der Waals surface area contributed by atoms with E-state index in [1.54, 1.807) is 11.8 Å². The van der Waals surface area contributed by atoms with Gasteiger partial charge in [0.15, 0.2) is 0 Å². The van der Waals surface area contributed by atoms with Gasteiger partial charge in [0.1, 0.15) is 0 Å². The van der Waals surface area contributed by atoms with Crippen LogP contribution in [-0.2, 0) is 14.3 Å². The number of ether oxygens (including phenoxy) is 1. The second kappa shape index (κ2) is 8.18.